The topological polar surface area (TPSA) is 64.0 Å². The van der Waals surface area contributed by atoms with Crippen LogP contribution in [-0.2, 0) is 6.54 Å². The van der Waals surface area contributed by atoms with E-state index in [1.54, 1.807) is 42.7 Å². The van der Waals surface area contributed by atoms with Gasteiger partial charge in [-0.15, -0.1) is 0 Å². The van der Waals surface area contributed by atoms with Crippen molar-refractivity contribution in [2.45, 2.75) is 27.3 Å². The number of halogens is 1. The van der Waals surface area contributed by atoms with Gasteiger partial charge in [0.1, 0.15) is 11.5 Å². The van der Waals surface area contributed by atoms with Crippen molar-refractivity contribution in [3.63, 3.8) is 0 Å². The van der Waals surface area contributed by atoms with Crippen LogP contribution in [-0.4, -0.2) is 15.5 Å². The van der Waals surface area contributed by atoms with Crippen LogP contribution in [0.3, 0.4) is 0 Å². The molecule has 2 aromatic carbocycles. The summed E-state index contributed by atoms with van der Waals surface area (Å²) in [5, 5.41) is 2.56. The number of nitrogens with zero attached hydrogens (tertiary/aromatic N) is 2. The summed E-state index contributed by atoms with van der Waals surface area (Å²) in [5.74, 6) is -0.915. The molecule has 6 heteroatoms. The first-order valence-electron chi connectivity index (χ1n) is 7.99. The number of aryl methyl sites for hydroxylation is 3. The monoisotopic (exact) mass is 339 g/mol. The molecule has 0 radical (unpaired) electrons. The van der Waals surface area contributed by atoms with E-state index in [1.165, 1.54) is 12.1 Å². The van der Waals surface area contributed by atoms with Gasteiger partial charge in [0.05, 0.1) is 16.7 Å². The van der Waals surface area contributed by atoms with Gasteiger partial charge in [-0.2, -0.15) is 0 Å². The molecule has 0 spiro atoms. The van der Waals surface area contributed by atoms with Crippen LogP contribution in [0, 0.1) is 19.7 Å². The highest BCUT2D eigenvalue weighted by atomic mass is 19.1. The summed E-state index contributed by atoms with van der Waals surface area (Å²) < 4.78 is 15.5. The number of rotatable bonds is 3. The summed E-state index contributed by atoms with van der Waals surface area (Å²) >= 11 is 0. The molecule has 0 aliphatic heterocycles. The van der Waals surface area contributed by atoms with E-state index in [0.29, 0.717) is 28.8 Å². The summed E-state index contributed by atoms with van der Waals surface area (Å²) in [6.07, 6.45) is 0. The summed E-state index contributed by atoms with van der Waals surface area (Å²) in [5.41, 5.74) is 2.69. The first-order valence-corrected chi connectivity index (χ1v) is 7.99. The fraction of sp³-hybridized carbons (Fsp3) is 0.211. The van der Waals surface area contributed by atoms with Crippen LogP contribution >= 0.6 is 0 Å². The number of amides is 1. The molecule has 1 aromatic heterocycles. The number of nitrogens with one attached hydrogen (secondary N) is 1. The van der Waals surface area contributed by atoms with E-state index in [-0.39, 0.29) is 11.2 Å². The molecule has 5 nitrogen and oxygen atoms in total. The molecular formula is C19H18FN3O2. The summed E-state index contributed by atoms with van der Waals surface area (Å²) in [7, 11) is 0. The van der Waals surface area contributed by atoms with Crippen molar-refractivity contribution in [3.05, 3.63) is 69.4 Å². The zero-order valence-corrected chi connectivity index (χ0v) is 14.3. The molecule has 0 aliphatic rings. The molecule has 3 aromatic rings. The molecule has 0 unspecified atom stereocenters. The van der Waals surface area contributed by atoms with E-state index in [2.05, 4.69) is 10.3 Å². The standard InChI is InChI=1S/C19H18FN3O2/c1-4-23-17-8-6-13(10-16(17)21-12(3)19(23)25)18(24)22-15-7-5-11(2)9-14(15)20/h5-10H,4H2,1-3H3,(H,22,24). The van der Waals surface area contributed by atoms with Crippen molar-refractivity contribution < 1.29 is 9.18 Å². The van der Waals surface area contributed by atoms with Crippen LogP contribution < -0.4 is 10.9 Å². The molecule has 3 rings (SSSR count). The predicted molar refractivity (Wildman–Crippen MR) is 95.5 cm³/mol. The fourth-order valence-electron chi connectivity index (χ4n) is 2.75. The number of anilines is 1. The number of hydrogen-bond donors (Lipinski definition) is 1. The molecule has 0 bridgehead atoms. The highest BCUT2D eigenvalue weighted by Gasteiger charge is 2.13. The Labute approximate surface area is 144 Å². The van der Waals surface area contributed by atoms with E-state index < -0.39 is 11.7 Å². The third kappa shape index (κ3) is 3.15. The predicted octanol–water partition coefficient (Wildman–Crippen LogP) is 3.42. The van der Waals surface area contributed by atoms with Crippen molar-refractivity contribution in [2.24, 2.45) is 0 Å². The van der Waals surface area contributed by atoms with E-state index >= 15 is 0 Å². The van der Waals surface area contributed by atoms with Crippen molar-refractivity contribution in [1.82, 2.24) is 9.55 Å². The van der Waals surface area contributed by atoms with Gasteiger partial charge in [-0.3, -0.25) is 9.59 Å². The van der Waals surface area contributed by atoms with E-state index in [4.69, 9.17) is 0 Å². The molecule has 128 valence electrons. The zero-order valence-electron chi connectivity index (χ0n) is 14.3. The van der Waals surface area contributed by atoms with Crippen LogP contribution in [0.25, 0.3) is 11.0 Å². The lowest BCUT2D eigenvalue weighted by molar-refractivity contribution is 0.102. The molecular weight excluding hydrogens is 321 g/mol. The van der Waals surface area contributed by atoms with Crippen molar-refractivity contribution >= 4 is 22.6 Å². The Hall–Kier alpha value is -3.02. The molecule has 0 fully saturated rings. The third-order valence-corrected chi connectivity index (χ3v) is 4.06. The molecule has 0 aliphatic carbocycles. The van der Waals surface area contributed by atoms with Gasteiger partial charge in [0, 0.05) is 12.1 Å². The van der Waals surface area contributed by atoms with Crippen molar-refractivity contribution in [3.8, 4) is 0 Å². The first kappa shape index (κ1) is 16.8. The van der Waals surface area contributed by atoms with Gasteiger partial charge >= 0.3 is 0 Å². The molecule has 25 heavy (non-hydrogen) atoms. The Morgan fingerprint density at radius 1 is 1.20 bits per heavy atom. The van der Waals surface area contributed by atoms with Gasteiger partial charge in [0.15, 0.2) is 0 Å². The highest BCUT2D eigenvalue weighted by Crippen LogP contribution is 2.18. The maximum Gasteiger partial charge on any atom is 0.272 e. The Morgan fingerprint density at radius 3 is 2.64 bits per heavy atom. The van der Waals surface area contributed by atoms with Gasteiger partial charge in [-0.1, -0.05) is 6.07 Å². The Balaban J connectivity index is 2.00. The number of aromatic nitrogens is 2. The zero-order chi connectivity index (χ0) is 18.1. The van der Waals surface area contributed by atoms with E-state index in [0.717, 1.165) is 5.56 Å². The lowest BCUT2D eigenvalue weighted by atomic mass is 10.1. The second kappa shape index (κ2) is 6.47. The van der Waals surface area contributed by atoms with Crippen LogP contribution in [0.4, 0.5) is 10.1 Å². The molecule has 0 saturated carbocycles. The van der Waals surface area contributed by atoms with Gasteiger partial charge in [0.2, 0.25) is 0 Å². The van der Waals surface area contributed by atoms with Gasteiger partial charge in [-0.25, -0.2) is 9.37 Å². The van der Waals surface area contributed by atoms with Gasteiger partial charge in [0.25, 0.3) is 11.5 Å². The molecule has 1 amide bonds. The fourth-order valence-corrected chi connectivity index (χ4v) is 2.75. The maximum atomic E-state index is 13.9. The average molecular weight is 339 g/mol. The normalized spacial score (nSPS) is 10.9. The highest BCUT2D eigenvalue weighted by molar-refractivity contribution is 6.06. The number of benzene rings is 2. The quantitative estimate of drug-likeness (QED) is 0.795. The number of fused-ring (bicyclic) bond motifs is 1. The van der Waals surface area contributed by atoms with E-state index in [9.17, 15) is 14.0 Å². The molecule has 0 atom stereocenters. The first-order chi connectivity index (χ1) is 11.9. The summed E-state index contributed by atoms with van der Waals surface area (Å²) in [6, 6.07) is 9.51. The maximum absolute atomic E-state index is 13.9. The number of hydrogen-bond acceptors (Lipinski definition) is 3. The van der Waals surface area contributed by atoms with Crippen molar-refractivity contribution in [2.75, 3.05) is 5.32 Å². The lowest BCUT2D eigenvalue weighted by Gasteiger charge is -2.11. The molecule has 1 N–H and O–H groups in total. The molecule has 1 heterocycles. The summed E-state index contributed by atoms with van der Waals surface area (Å²) in [6.45, 7) is 5.81. The second-order valence-electron chi connectivity index (χ2n) is 5.89. The number of carbonyl (C=O) groups excluding carboxylic acids is 1. The van der Waals surface area contributed by atoms with Crippen LogP contribution in [0.2, 0.25) is 0 Å². The Kier molecular flexibility index (Phi) is 4.35. The van der Waals surface area contributed by atoms with Gasteiger partial charge in [-0.05, 0) is 56.7 Å². The second-order valence-corrected chi connectivity index (χ2v) is 5.89. The minimum absolute atomic E-state index is 0.123. The summed E-state index contributed by atoms with van der Waals surface area (Å²) in [4.78, 5) is 28.8. The van der Waals surface area contributed by atoms with Gasteiger partial charge < -0.3 is 9.88 Å². The average Bonchev–Trinajstić information content (AvgIpc) is 2.58. The largest absolute Gasteiger partial charge is 0.319 e. The van der Waals surface area contributed by atoms with Crippen LogP contribution in [0.15, 0.2) is 41.2 Å². The smallest absolute Gasteiger partial charge is 0.272 e. The Morgan fingerprint density at radius 2 is 1.96 bits per heavy atom. The third-order valence-electron chi connectivity index (χ3n) is 4.06. The number of carbonyl (C=O) groups is 1. The minimum atomic E-state index is -0.483. The van der Waals surface area contributed by atoms with Crippen LogP contribution in [0.5, 0.6) is 0 Å². The lowest BCUT2D eigenvalue weighted by Crippen LogP contribution is -2.23. The minimum Gasteiger partial charge on any atom is -0.319 e. The van der Waals surface area contributed by atoms with E-state index in [1.807, 2.05) is 6.92 Å². The van der Waals surface area contributed by atoms with Crippen molar-refractivity contribution in [1.29, 1.82) is 0 Å². The Bertz CT molecular complexity index is 1040. The van der Waals surface area contributed by atoms with Crippen LogP contribution in [0.1, 0.15) is 28.5 Å². The SMILES string of the molecule is CCn1c(=O)c(C)nc2cc(C(=O)Nc3ccc(C)cc3F)ccc21. The molecule has 0 saturated heterocycles.